The number of nitrogens with two attached hydrogens (primary N) is 3. The van der Waals surface area contributed by atoms with Crippen molar-refractivity contribution in [1.82, 2.24) is 14.0 Å². The molecule has 0 unspecified atom stereocenters. The highest BCUT2D eigenvalue weighted by molar-refractivity contribution is 7.95. The van der Waals surface area contributed by atoms with E-state index < -0.39 is 6.09 Å². The molecule has 0 spiro atoms. The highest BCUT2D eigenvalue weighted by Crippen LogP contribution is 2.46. The van der Waals surface area contributed by atoms with E-state index in [1.165, 1.54) is 12.1 Å². The van der Waals surface area contributed by atoms with Gasteiger partial charge in [-0.2, -0.15) is 5.26 Å². The van der Waals surface area contributed by atoms with Crippen molar-refractivity contribution in [2.45, 2.75) is 0 Å². The molecular weight excluding hydrogens is 374 g/mol. The molecular formula is C15H11N7O2S2. The third-order valence-corrected chi connectivity index (χ3v) is 5.50. The first-order valence-electron chi connectivity index (χ1n) is 7.20. The molecule has 0 aromatic carbocycles. The lowest BCUT2D eigenvalue weighted by atomic mass is 9.95. The second-order valence-corrected chi connectivity index (χ2v) is 7.06. The van der Waals surface area contributed by atoms with Gasteiger partial charge in [0, 0.05) is 23.3 Å². The highest BCUT2D eigenvalue weighted by Gasteiger charge is 2.25. The number of thiophene rings is 1. The molecule has 26 heavy (non-hydrogen) atoms. The zero-order chi connectivity index (χ0) is 18.4. The van der Waals surface area contributed by atoms with Gasteiger partial charge in [-0.1, -0.05) is 11.3 Å². The van der Waals surface area contributed by atoms with Crippen molar-refractivity contribution in [2.75, 3.05) is 11.5 Å². The molecule has 2 aromatic heterocycles. The maximum atomic E-state index is 11.1. The van der Waals surface area contributed by atoms with E-state index in [2.05, 4.69) is 15.8 Å². The van der Waals surface area contributed by atoms with E-state index in [9.17, 15) is 10.1 Å². The first kappa shape index (κ1) is 16.1. The smallest absolute Gasteiger partial charge is 0.397 e. The van der Waals surface area contributed by atoms with Crippen LogP contribution in [0, 0.1) is 11.3 Å². The Hall–Kier alpha value is -3.36. The molecule has 4 heterocycles. The number of nitriles is 1. The molecule has 2 aliphatic rings. The number of pyridine rings is 1. The number of primary amides is 1. The quantitative estimate of drug-likeness (QED) is 0.568. The third kappa shape index (κ3) is 2.40. The number of carbonyl (C=O) groups excluding carboxylic acids is 1. The molecule has 0 saturated carbocycles. The van der Waals surface area contributed by atoms with Gasteiger partial charge in [-0.3, -0.25) is 4.31 Å². The Balaban J connectivity index is 2.01. The number of aromatic nitrogens is 1. The second kappa shape index (κ2) is 5.87. The number of ether oxygens (including phenoxy) is 1. The van der Waals surface area contributed by atoms with E-state index in [0.717, 1.165) is 22.6 Å². The van der Waals surface area contributed by atoms with Crippen LogP contribution in [0.1, 0.15) is 11.1 Å². The number of fused-ring (bicyclic) bond motifs is 2. The largest absolute Gasteiger partial charge is 0.410 e. The monoisotopic (exact) mass is 385 g/mol. The summed E-state index contributed by atoms with van der Waals surface area (Å²) in [4.78, 5) is 15.8. The Kier molecular flexibility index (Phi) is 3.64. The molecule has 2 aromatic rings. The lowest BCUT2D eigenvalue weighted by Gasteiger charge is -2.19. The first-order chi connectivity index (χ1) is 12.5. The number of rotatable bonds is 2. The van der Waals surface area contributed by atoms with E-state index in [4.69, 9.17) is 21.9 Å². The summed E-state index contributed by atoms with van der Waals surface area (Å²) in [6.07, 6.45) is 6.45. The fraction of sp³-hybridized carbons (Fsp3) is 0. The molecule has 0 atom stereocenters. The van der Waals surface area contributed by atoms with Crippen LogP contribution in [0.2, 0.25) is 0 Å². The second-order valence-electron chi connectivity index (χ2n) is 5.28. The number of carbonyl (C=O) groups is 1. The fourth-order valence-electron chi connectivity index (χ4n) is 2.71. The highest BCUT2D eigenvalue weighted by atomic mass is 32.2. The van der Waals surface area contributed by atoms with E-state index in [-0.39, 0.29) is 22.1 Å². The molecule has 0 fully saturated rings. The van der Waals surface area contributed by atoms with Crippen LogP contribution in [-0.2, 0) is 0 Å². The van der Waals surface area contributed by atoms with Gasteiger partial charge >= 0.3 is 6.09 Å². The van der Waals surface area contributed by atoms with Crippen molar-refractivity contribution in [3.8, 4) is 11.1 Å². The number of hydrogen-bond donors (Lipinski definition) is 4. The van der Waals surface area contributed by atoms with Crippen molar-refractivity contribution in [1.29, 1.82) is 5.26 Å². The predicted octanol–water partition coefficient (Wildman–Crippen LogP) is 2.01. The van der Waals surface area contributed by atoms with Gasteiger partial charge in [-0.15, -0.1) is 0 Å². The van der Waals surface area contributed by atoms with E-state index in [0.29, 0.717) is 15.8 Å². The lowest BCUT2D eigenvalue weighted by molar-refractivity contribution is 0.212. The summed E-state index contributed by atoms with van der Waals surface area (Å²) in [5.41, 5.74) is 19.8. The minimum absolute atomic E-state index is 0.0755. The van der Waals surface area contributed by atoms with E-state index >= 15 is 0 Å². The summed E-state index contributed by atoms with van der Waals surface area (Å²) in [6.45, 7) is 0. The molecule has 11 heteroatoms. The van der Waals surface area contributed by atoms with Crippen LogP contribution in [0.4, 0.5) is 16.3 Å². The van der Waals surface area contributed by atoms with E-state index in [1.807, 2.05) is 28.9 Å². The zero-order valence-electron chi connectivity index (χ0n) is 13.0. The Labute approximate surface area is 155 Å². The van der Waals surface area contributed by atoms with Crippen molar-refractivity contribution in [2.24, 2.45) is 5.73 Å². The molecule has 4 rings (SSSR count). The standard InChI is InChI=1S/C15H11N7O2S2/c16-4-8-9(6-1-2-22-7(3-6)5-20-26-22)10-11(17)14(24-15(19)23)25-13(10)21-12(8)18/h1-3,5,20H,17H2,(H2,18,21)(H2,19,23). The maximum Gasteiger partial charge on any atom is 0.410 e. The molecule has 0 saturated heterocycles. The van der Waals surface area contributed by atoms with Crippen LogP contribution in [-0.4, -0.2) is 15.4 Å². The van der Waals surface area contributed by atoms with Crippen LogP contribution < -0.4 is 26.7 Å². The van der Waals surface area contributed by atoms with Gasteiger partial charge in [0.25, 0.3) is 0 Å². The summed E-state index contributed by atoms with van der Waals surface area (Å²) < 4.78 is 9.92. The Bertz CT molecular complexity index is 1090. The number of amides is 1. The van der Waals surface area contributed by atoms with Gasteiger partial charge in [0.05, 0.1) is 23.5 Å². The number of anilines is 2. The van der Waals surface area contributed by atoms with Gasteiger partial charge < -0.3 is 26.7 Å². The number of allylic oxidation sites excluding steroid dienone is 3. The lowest BCUT2D eigenvalue weighted by Crippen LogP contribution is -2.16. The van der Waals surface area contributed by atoms with Crippen molar-refractivity contribution in [3.63, 3.8) is 0 Å². The fourth-order valence-corrected chi connectivity index (χ4v) is 4.30. The summed E-state index contributed by atoms with van der Waals surface area (Å²) in [5, 5.41) is 10.2. The average molecular weight is 385 g/mol. The van der Waals surface area contributed by atoms with Gasteiger partial charge in [0.1, 0.15) is 22.3 Å². The molecule has 0 aliphatic carbocycles. The van der Waals surface area contributed by atoms with Crippen LogP contribution in [0.3, 0.4) is 0 Å². The Morgan fingerprint density at radius 3 is 2.96 bits per heavy atom. The normalized spacial score (nSPS) is 15.1. The topological polar surface area (TPSA) is 156 Å². The molecule has 0 bridgehead atoms. The first-order valence-corrected chi connectivity index (χ1v) is 8.79. The Morgan fingerprint density at radius 1 is 1.42 bits per heavy atom. The zero-order valence-corrected chi connectivity index (χ0v) is 14.6. The van der Waals surface area contributed by atoms with Crippen molar-refractivity contribution < 1.29 is 9.53 Å². The third-order valence-electron chi connectivity index (χ3n) is 3.77. The summed E-state index contributed by atoms with van der Waals surface area (Å²) in [6, 6.07) is 2.09. The maximum absolute atomic E-state index is 11.1. The molecule has 7 N–H and O–H groups in total. The van der Waals surface area contributed by atoms with Crippen molar-refractivity contribution >= 4 is 56.9 Å². The number of nitrogens with zero attached hydrogens (tertiary/aromatic N) is 3. The van der Waals surface area contributed by atoms with Crippen LogP contribution >= 0.6 is 23.5 Å². The molecule has 1 amide bonds. The van der Waals surface area contributed by atoms with Gasteiger partial charge in [-0.05, 0) is 17.7 Å². The van der Waals surface area contributed by atoms with Gasteiger partial charge in [0.15, 0.2) is 0 Å². The summed E-state index contributed by atoms with van der Waals surface area (Å²) in [5.74, 6) is 0.0755. The average Bonchev–Trinajstić information content (AvgIpc) is 3.17. The SMILES string of the molecule is N#Cc1c(N)nc2sc(OC(N)=O)c(N)c2c1C1=CC2=CNSN2C=C1. The molecule has 130 valence electrons. The summed E-state index contributed by atoms with van der Waals surface area (Å²) >= 11 is 2.46. The summed E-state index contributed by atoms with van der Waals surface area (Å²) in [7, 11) is 0. The number of nitrogens with one attached hydrogen (secondary N) is 1. The van der Waals surface area contributed by atoms with Crippen LogP contribution in [0.25, 0.3) is 15.8 Å². The minimum Gasteiger partial charge on any atom is -0.397 e. The predicted molar refractivity (Wildman–Crippen MR) is 101 cm³/mol. The molecule has 2 aliphatic heterocycles. The Morgan fingerprint density at radius 2 is 2.23 bits per heavy atom. The van der Waals surface area contributed by atoms with Gasteiger partial charge in [-0.25, -0.2) is 9.78 Å². The molecule has 9 nitrogen and oxygen atoms in total. The number of hydrogen-bond acceptors (Lipinski definition) is 10. The number of nitrogen functional groups attached to an aromatic ring is 2. The minimum atomic E-state index is -0.982. The molecule has 0 radical (unpaired) electrons. The van der Waals surface area contributed by atoms with Crippen molar-refractivity contribution in [3.05, 3.63) is 41.4 Å². The van der Waals surface area contributed by atoms with Gasteiger partial charge in [0.2, 0.25) is 5.06 Å². The van der Waals surface area contributed by atoms with Crippen LogP contribution in [0.5, 0.6) is 5.06 Å². The van der Waals surface area contributed by atoms with E-state index in [1.54, 1.807) is 0 Å². The van der Waals surface area contributed by atoms with Crippen LogP contribution in [0.15, 0.2) is 30.2 Å².